The summed E-state index contributed by atoms with van der Waals surface area (Å²) in [5, 5.41) is 0. The first-order valence-corrected chi connectivity index (χ1v) is 0.943. The number of rotatable bonds is 0. The zero-order valence-electron chi connectivity index (χ0n) is 1.97. The average Bonchev–Trinajstić information content (AvgIpc) is 1.50. The van der Waals surface area contributed by atoms with Crippen molar-refractivity contribution in [2.75, 3.05) is 0 Å². The van der Waals surface area contributed by atoms with E-state index in [1.165, 1.54) is 0 Å². The molecule has 66 valence electrons. The van der Waals surface area contributed by atoms with E-state index in [1.807, 2.05) is 0 Å². The van der Waals surface area contributed by atoms with Crippen LogP contribution in [-0.2, 0) is 4.70 Å². The van der Waals surface area contributed by atoms with Gasteiger partial charge in [0.05, 0.1) is 0 Å². The van der Waals surface area contributed by atoms with Gasteiger partial charge in [-0.3, -0.25) is 0 Å². The molecule has 0 heterocycles. The van der Waals surface area contributed by atoms with E-state index in [0.717, 1.165) is 0 Å². The summed E-state index contributed by atoms with van der Waals surface area (Å²) in [5.41, 5.74) is 0. The van der Waals surface area contributed by atoms with Crippen molar-refractivity contribution in [1.29, 1.82) is 0 Å². The van der Waals surface area contributed by atoms with Gasteiger partial charge in [0.1, 0.15) is 0 Å². The molecule has 0 aliphatic heterocycles. The van der Waals surface area contributed by atoms with E-state index in [1.54, 1.807) is 0 Å². The second-order valence-electron chi connectivity index (χ2n) is 0. The van der Waals surface area contributed by atoms with Crippen molar-refractivity contribution in [2.45, 2.75) is 44.6 Å². The van der Waals surface area contributed by atoms with Gasteiger partial charge in [-0.1, -0.05) is 44.6 Å². The topological polar surface area (TPSA) is 17.1 Å². The average molecular weight is 166 g/mol. The van der Waals surface area contributed by atoms with Crippen LogP contribution in [0.4, 0.5) is 0 Å². The maximum absolute atomic E-state index is 7.75. The Morgan fingerprint density at radius 2 is 0.600 bits per heavy atom. The van der Waals surface area contributed by atoms with E-state index in [0.29, 0.717) is 0 Å². The van der Waals surface area contributed by atoms with Gasteiger partial charge in [0, 0.05) is 0 Å². The van der Waals surface area contributed by atoms with Crippen LogP contribution >= 0.6 is 12.1 Å². The maximum atomic E-state index is 7.75. The van der Waals surface area contributed by atoms with Crippen molar-refractivity contribution in [2.24, 2.45) is 0 Å². The molecule has 0 aliphatic carbocycles. The van der Waals surface area contributed by atoms with Crippen molar-refractivity contribution < 1.29 is 4.70 Å². The number of hydrogen-bond donors (Lipinski definition) is 0. The van der Waals surface area contributed by atoms with Gasteiger partial charge < -0.3 is 0 Å². The predicted octanol–water partition coefficient (Wildman–Crippen LogP) is 3.58. The van der Waals surface area contributed by atoms with Crippen LogP contribution in [0.25, 0.3) is 0 Å². The van der Waals surface area contributed by atoms with Crippen LogP contribution in [0.5, 0.6) is 0 Å². The summed E-state index contributed by atoms with van der Waals surface area (Å²) in [6.07, 6.45) is 0. The van der Waals surface area contributed by atoms with E-state index in [2.05, 4.69) is 26.5 Å². The van der Waals surface area contributed by atoms with Gasteiger partial charge >= 0.3 is 31.2 Å². The van der Waals surface area contributed by atoms with E-state index in [9.17, 15) is 0 Å². The molecule has 0 saturated carbocycles. The van der Waals surface area contributed by atoms with Crippen LogP contribution in [-0.4, -0.2) is 14.4 Å². The van der Waals surface area contributed by atoms with Gasteiger partial charge in [-0.05, 0) is 0 Å². The normalized spacial score (nSPS) is 0.600. The van der Waals surface area contributed by atoms with E-state index >= 15 is 0 Å². The zero-order chi connectivity index (χ0) is 4.00. The SMILES string of the molecule is C.C.C.C.C.C.[B]=O.[B]=S. The summed E-state index contributed by atoms with van der Waals surface area (Å²) in [6.45, 7) is 4.08. The monoisotopic (exact) mass is 166 g/mol. The van der Waals surface area contributed by atoms with E-state index in [4.69, 9.17) is 4.70 Å². The molecular formula is C6H24B2OS. The third-order valence-corrected chi connectivity index (χ3v) is 0. The molecule has 0 aliphatic rings. The van der Waals surface area contributed by atoms with Gasteiger partial charge in [0.2, 0.25) is 0 Å². The Labute approximate surface area is 76.3 Å². The summed E-state index contributed by atoms with van der Waals surface area (Å²) in [4.78, 5) is 0. The van der Waals surface area contributed by atoms with Crippen molar-refractivity contribution in [3.63, 3.8) is 0 Å². The molecule has 0 fully saturated rings. The Morgan fingerprint density at radius 1 is 0.600 bits per heavy atom. The molecule has 0 aromatic heterocycles. The Hall–Kier alpha value is 0.150. The van der Waals surface area contributed by atoms with Crippen molar-refractivity contribution in [3.05, 3.63) is 0 Å². The summed E-state index contributed by atoms with van der Waals surface area (Å²) >= 11 is 3.58. The quantitative estimate of drug-likeness (QED) is 0.511. The van der Waals surface area contributed by atoms with Crippen molar-refractivity contribution >= 4 is 26.5 Å². The third kappa shape index (κ3) is 18500. The predicted molar refractivity (Wildman–Crippen MR) is 60.2 cm³/mol. The fraction of sp³-hybridized carbons (Fsp3) is 1.00. The summed E-state index contributed by atoms with van der Waals surface area (Å²) in [7, 11) is 3.25. The Bertz CT molecular complexity index is 17.7. The minimum atomic E-state index is 0. The molecule has 10 heavy (non-hydrogen) atoms. The Balaban J connectivity index is -0.000000000833. The first-order valence-electron chi connectivity index (χ1n) is 0.471. The summed E-state index contributed by atoms with van der Waals surface area (Å²) in [6, 6.07) is 0. The molecular weight excluding hydrogens is 142 g/mol. The molecule has 1 nitrogen and oxygen atoms in total. The third-order valence-electron chi connectivity index (χ3n) is 0. The van der Waals surface area contributed by atoms with Gasteiger partial charge in [0.15, 0.2) is 0 Å². The van der Waals surface area contributed by atoms with Crippen LogP contribution in [0, 0.1) is 0 Å². The first-order chi connectivity index (χ1) is 2.00. The molecule has 0 amide bonds. The van der Waals surface area contributed by atoms with Crippen LogP contribution in [0.2, 0.25) is 0 Å². The molecule has 0 aromatic carbocycles. The van der Waals surface area contributed by atoms with Gasteiger partial charge in [0.25, 0.3) is 0 Å². The minimum absolute atomic E-state index is 0. The fourth-order valence-electron chi connectivity index (χ4n) is 0. The van der Waals surface area contributed by atoms with Crippen molar-refractivity contribution in [1.82, 2.24) is 0 Å². The van der Waals surface area contributed by atoms with Gasteiger partial charge in [-0.2, -0.15) is 0 Å². The van der Waals surface area contributed by atoms with Crippen LogP contribution in [0.15, 0.2) is 0 Å². The molecule has 0 spiro atoms. The van der Waals surface area contributed by atoms with Crippen LogP contribution < -0.4 is 0 Å². The second kappa shape index (κ2) is 27100. The molecule has 4 heteroatoms. The summed E-state index contributed by atoms with van der Waals surface area (Å²) in [5.74, 6) is 0. The first kappa shape index (κ1) is 184. The summed E-state index contributed by atoms with van der Waals surface area (Å²) < 4.78 is 7.75. The molecule has 0 bridgehead atoms. The molecule has 0 atom stereocenters. The molecule has 0 unspecified atom stereocenters. The molecule has 0 N–H and O–H groups in total. The van der Waals surface area contributed by atoms with Crippen molar-refractivity contribution in [3.8, 4) is 0 Å². The molecule has 0 rings (SSSR count). The van der Waals surface area contributed by atoms with Gasteiger partial charge in [-0.15, -0.1) is 0 Å². The fourth-order valence-corrected chi connectivity index (χ4v) is 0. The number of hydrogen-bond acceptors (Lipinski definition) is 2. The molecule has 0 saturated heterocycles. The van der Waals surface area contributed by atoms with Gasteiger partial charge in [-0.25, -0.2) is 0 Å². The second-order valence-corrected chi connectivity index (χ2v) is 0. The van der Waals surface area contributed by atoms with Crippen LogP contribution in [0.3, 0.4) is 0 Å². The van der Waals surface area contributed by atoms with E-state index in [-0.39, 0.29) is 44.6 Å². The van der Waals surface area contributed by atoms with Crippen LogP contribution in [0.1, 0.15) is 44.6 Å². The standard InChI is InChI=1S/6CH4.BO.BS/c;;;;;;2*1-2/h6*1H4;;. The zero-order valence-corrected chi connectivity index (χ0v) is 2.79. The Kier molecular flexibility index (Phi) is 497000. The Morgan fingerprint density at radius 3 is 0.600 bits per heavy atom. The molecule has 0 aromatic rings. The van der Waals surface area contributed by atoms with E-state index < -0.39 is 0 Å². The molecule has 2 radical (unpaired) electrons.